The number of carboxylic acids is 1. The van der Waals surface area contributed by atoms with Gasteiger partial charge in [0.2, 0.25) is 0 Å². The number of nitro groups is 1. The molecule has 28 heavy (non-hydrogen) atoms. The molecular weight excluding hydrogens is 368 g/mol. The minimum atomic E-state index is -1.44. The lowest BCUT2D eigenvalue weighted by molar-refractivity contribution is -0.384. The number of likely N-dealkylation sites (tertiary alicyclic amines) is 1. The zero-order chi connectivity index (χ0) is 21.3. The SMILES string of the molecule is CC1(C)CC(O)CC(C)(C)N1CCOC(=O)c1ccc([N+](=O)[O-])cc1C(=O)O. The molecule has 0 spiro atoms. The Labute approximate surface area is 163 Å². The molecule has 0 amide bonds. The van der Waals surface area contributed by atoms with E-state index in [1.165, 1.54) is 0 Å². The van der Waals surface area contributed by atoms with Crippen molar-refractivity contribution in [3.63, 3.8) is 0 Å². The molecule has 9 nitrogen and oxygen atoms in total. The monoisotopic (exact) mass is 394 g/mol. The average molecular weight is 394 g/mol. The van der Waals surface area contributed by atoms with E-state index in [0.29, 0.717) is 19.4 Å². The normalized spacial score (nSPS) is 19.2. The van der Waals surface area contributed by atoms with Gasteiger partial charge in [-0.25, -0.2) is 9.59 Å². The summed E-state index contributed by atoms with van der Waals surface area (Å²) in [4.78, 5) is 36.0. The number of nitrogens with zero attached hydrogens (tertiary/aromatic N) is 2. The van der Waals surface area contributed by atoms with Crippen molar-refractivity contribution >= 4 is 17.6 Å². The van der Waals surface area contributed by atoms with Gasteiger partial charge in [-0.15, -0.1) is 0 Å². The molecule has 2 N–H and O–H groups in total. The summed E-state index contributed by atoms with van der Waals surface area (Å²) in [6, 6.07) is 3.01. The number of rotatable bonds is 6. The van der Waals surface area contributed by atoms with Crippen LogP contribution in [-0.2, 0) is 4.74 Å². The second kappa shape index (κ2) is 7.84. The number of aliphatic hydroxyl groups is 1. The van der Waals surface area contributed by atoms with Crippen molar-refractivity contribution in [1.82, 2.24) is 4.90 Å². The lowest BCUT2D eigenvalue weighted by Gasteiger charge is -2.54. The highest BCUT2D eigenvalue weighted by atomic mass is 16.6. The van der Waals surface area contributed by atoms with Crippen LogP contribution in [0.5, 0.6) is 0 Å². The zero-order valence-electron chi connectivity index (χ0n) is 16.5. The Hall–Kier alpha value is -2.52. The van der Waals surface area contributed by atoms with Crippen LogP contribution in [0.1, 0.15) is 61.3 Å². The van der Waals surface area contributed by atoms with Gasteiger partial charge in [0, 0.05) is 29.8 Å². The molecular formula is C19H26N2O7. The minimum Gasteiger partial charge on any atom is -0.478 e. The Morgan fingerprint density at radius 3 is 2.29 bits per heavy atom. The van der Waals surface area contributed by atoms with Gasteiger partial charge in [0.1, 0.15) is 6.61 Å². The number of esters is 1. The second-order valence-electron chi connectivity index (χ2n) is 8.27. The molecule has 2 rings (SSSR count). The van der Waals surface area contributed by atoms with Crippen LogP contribution in [0.25, 0.3) is 0 Å². The highest BCUT2D eigenvalue weighted by molar-refractivity contribution is 6.02. The Kier molecular flexibility index (Phi) is 6.10. The maximum Gasteiger partial charge on any atom is 0.339 e. The number of ether oxygens (including phenoxy) is 1. The highest BCUT2D eigenvalue weighted by Crippen LogP contribution is 2.38. The number of nitro benzene ring substituents is 1. The summed E-state index contributed by atoms with van der Waals surface area (Å²) in [7, 11) is 0. The van der Waals surface area contributed by atoms with Crippen LogP contribution in [0.2, 0.25) is 0 Å². The topological polar surface area (TPSA) is 130 Å². The van der Waals surface area contributed by atoms with E-state index in [0.717, 1.165) is 18.2 Å². The van der Waals surface area contributed by atoms with E-state index in [9.17, 15) is 29.9 Å². The van der Waals surface area contributed by atoms with Crippen LogP contribution < -0.4 is 0 Å². The first kappa shape index (κ1) is 21.8. The van der Waals surface area contributed by atoms with Crippen LogP contribution >= 0.6 is 0 Å². The van der Waals surface area contributed by atoms with E-state index < -0.39 is 34.2 Å². The number of piperidine rings is 1. The van der Waals surface area contributed by atoms with E-state index in [2.05, 4.69) is 4.90 Å². The molecule has 0 radical (unpaired) electrons. The lowest BCUT2D eigenvalue weighted by Crippen LogP contribution is -2.62. The number of benzene rings is 1. The molecule has 1 fully saturated rings. The maximum absolute atomic E-state index is 12.4. The molecule has 1 aromatic rings. The third kappa shape index (κ3) is 4.66. The fourth-order valence-electron chi connectivity index (χ4n) is 4.18. The number of carbonyl (C=O) groups is 2. The standard InChI is InChI=1S/C19H26N2O7/c1-18(2)10-13(22)11-19(3,4)20(18)7-8-28-17(25)14-6-5-12(21(26)27)9-15(14)16(23)24/h5-6,9,13,22H,7-8,10-11H2,1-4H3,(H,23,24). The second-order valence-corrected chi connectivity index (χ2v) is 8.27. The summed E-state index contributed by atoms with van der Waals surface area (Å²) < 4.78 is 5.26. The Balaban J connectivity index is 2.10. The van der Waals surface area contributed by atoms with Crippen LogP contribution in [0, 0.1) is 10.1 Å². The van der Waals surface area contributed by atoms with E-state index in [4.69, 9.17) is 4.74 Å². The number of aromatic carboxylic acids is 1. The fraction of sp³-hybridized carbons (Fsp3) is 0.579. The Morgan fingerprint density at radius 1 is 1.21 bits per heavy atom. The van der Waals surface area contributed by atoms with Gasteiger partial charge in [0.05, 0.1) is 22.2 Å². The predicted octanol–water partition coefficient (Wildman–Crippen LogP) is 2.46. The van der Waals surface area contributed by atoms with Gasteiger partial charge in [0.25, 0.3) is 5.69 Å². The largest absolute Gasteiger partial charge is 0.478 e. The van der Waals surface area contributed by atoms with E-state index in [-0.39, 0.29) is 23.2 Å². The summed E-state index contributed by atoms with van der Waals surface area (Å²) >= 11 is 0. The average Bonchev–Trinajstić information content (AvgIpc) is 2.55. The zero-order valence-corrected chi connectivity index (χ0v) is 16.5. The number of aliphatic hydroxyl groups excluding tert-OH is 1. The molecule has 1 saturated heterocycles. The number of hydrogen-bond acceptors (Lipinski definition) is 7. The summed E-state index contributed by atoms with van der Waals surface area (Å²) in [5.41, 5.74) is -1.71. The molecule has 0 atom stereocenters. The maximum atomic E-state index is 12.4. The van der Waals surface area contributed by atoms with E-state index in [1.807, 2.05) is 27.7 Å². The molecule has 1 heterocycles. The van der Waals surface area contributed by atoms with Gasteiger partial charge in [0.15, 0.2) is 0 Å². The molecule has 0 aromatic heterocycles. The van der Waals surface area contributed by atoms with Gasteiger partial charge < -0.3 is 14.9 Å². The van der Waals surface area contributed by atoms with E-state index >= 15 is 0 Å². The van der Waals surface area contributed by atoms with Gasteiger partial charge in [-0.1, -0.05) is 0 Å². The first-order valence-corrected chi connectivity index (χ1v) is 9.00. The minimum absolute atomic E-state index is 0.0256. The molecule has 0 unspecified atom stereocenters. The van der Waals surface area contributed by atoms with Crippen molar-refractivity contribution in [2.45, 2.75) is 57.7 Å². The Morgan fingerprint density at radius 2 is 1.79 bits per heavy atom. The third-order valence-electron chi connectivity index (χ3n) is 5.14. The van der Waals surface area contributed by atoms with Crippen LogP contribution in [0.4, 0.5) is 5.69 Å². The highest BCUT2D eigenvalue weighted by Gasteiger charge is 2.44. The van der Waals surface area contributed by atoms with Crippen molar-refractivity contribution in [3.8, 4) is 0 Å². The number of carboxylic acid groups (broad SMARTS) is 1. The van der Waals surface area contributed by atoms with Gasteiger partial charge in [-0.3, -0.25) is 15.0 Å². The van der Waals surface area contributed by atoms with Gasteiger partial charge in [-0.05, 0) is 46.6 Å². The van der Waals surface area contributed by atoms with Crippen molar-refractivity contribution in [3.05, 3.63) is 39.4 Å². The quantitative estimate of drug-likeness (QED) is 0.427. The first-order valence-electron chi connectivity index (χ1n) is 9.00. The van der Waals surface area contributed by atoms with Gasteiger partial charge >= 0.3 is 11.9 Å². The summed E-state index contributed by atoms with van der Waals surface area (Å²) in [5.74, 6) is -2.29. The molecule has 0 aliphatic carbocycles. The summed E-state index contributed by atoms with van der Waals surface area (Å²) in [6.45, 7) is 8.48. The van der Waals surface area contributed by atoms with E-state index in [1.54, 1.807) is 0 Å². The van der Waals surface area contributed by atoms with Crippen LogP contribution in [0.15, 0.2) is 18.2 Å². The van der Waals surface area contributed by atoms with Gasteiger partial charge in [-0.2, -0.15) is 0 Å². The molecule has 0 bridgehead atoms. The first-order chi connectivity index (χ1) is 12.8. The summed E-state index contributed by atoms with van der Waals surface area (Å²) in [6.07, 6.45) is 0.785. The van der Waals surface area contributed by atoms with Crippen LogP contribution in [0.3, 0.4) is 0 Å². The smallest absolute Gasteiger partial charge is 0.339 e. The molecule has 9 heteroatoms. The lowest BCUT2D eigenvalue weighted by atomic mass is 9.78. The third-order valence-corrected chi connectivity index (χ3v) is 5.14. The molecule has 1 aliphatic rings. The number of carbonyl (C=O) groups excluding carboxylic acids is 1. The molecule has 154 valence electrons. The van der Waals surface area contributed by atoms with Crippen molar-refractivity contribution in [2.24, 2.45) is 0 Å². The molecule has 0 saturated carbocycles. The molecule has 1 aromatic carbocycles. The number of non-ortho nitro benzene ring substituents is 1. The van der Waals surface area contributed by atoms with Crippen molar-refractivity contribution in [1.29, 1.82) is 0 Å². The fourth-order valence-corrected chi connectivity index (χ4v) is 4.18. The summed E-state index contributed by atoms with van der Waals surface area (Å²) in [5, 5.41) is 30.2. The van der Waals surface area contributed by atoms with Crippen LogP contribution in [-0.4, -0.2) is 62.3 Å². The van der Waals surface area contributed by atoms with Crippen molar-refractivity contribution < 1.29 is 29.5 Å². The number of hydrogen-bond donors (Lipinski definition) is 2. The molecule has 1 aliphatic heterocycles. The Bertz CT molecular complexity index is 770. The van der Waals surface area contributed by atoms with Crippen molar-refractivity contribution in [2.75, 3.05) is 13.2 Å². The predicted molar refractivity (Wildman–Crippen MR) is 100 cm³/mol.